The van der Waals surface area contributed by atoms with Crippen LogP contribution in [0.3, 0.4) is 0 Å². The van der Waals surface area contributed by atoms with Gasteiger partial charge in [0.25, 0.3) is 5.91 Å². The number of rotatable bonds is 5. The van der Waals surface area contributed by atoms with E-state index < -0.39 is 0 Å². The van der Waals surface area contributed by atoms with Crippen LogP contribution in [0.2, 0.25) is 0 Å². The minimum Gasteiger partial charge on any atom is -0.337 e. The van der Waals surface area contributed by atoms with Crippen molar-refractivity contribution >= 4 is 28.3 Å². The smallest absolute Gasteiger partial charge is 0.259 e. The zero-order chi connectivity index (χ0) is 16.6. The van der Waals surface area contributed by atoms with Crippen molar-refractivity contribution in [3.05, 3.63) is 54.1 Å². The van der Waals surface area contributed by atoms with Gasteiger partial charge in [-0.25, -0.2) is 0 Å². The monoisotopic (exact) mass is 308 g/mol. The summed E-state index contributed by atoms with van der Waals surface area (Å²) >= 11 is 0. The Morgan fingerprint density at radius 1 is 1.22 bits per heavy atom. The fraction of sp³-hybridized carbons (Fsp3) is 0.263. The van der Waals surface area contributed by atoms with Crippen LogP contribution in [-0.2, 0) is 4.79 Å². The Labute approximate surface area is 136 Å². The highest BCUT2D eigenvalue weighted by Crippen LogP contribution is 2.36. The molecule has 0 saturated heterocycles. The first-order chi connectivity index (χ1) is 11.0. The van der Waals surface area contributed by atoms with Gasteiger partial charge in [-0.05, 0) is 31.4 Å². The summed E-state index contributed by atoms with van der Waals surface area (Å²) in [5, 5.41) is 1.97. The third-order valence-corrected chi connectivity index (χ3v) is 4.14. The Bertz CT molecular complexity index is 805. The highest BCUT2D eigenvalue weighted by Gasteiger charge is 2.31. The van der Waals surface area contributed by atoms with E-state index in [1.165, 1.54) is 0 Å². The van der Waals surface area contributed by atoms with E-state index in [4.69, 9.17) is 0 Å². The second-order valence-corrected chi connectivity index (χ2v) is 5.94. The fourth-order valence-electron chi connectivity index (χ4n) is 3.07. The quantitative estimate of drug-likeness (QED) is 0.796. The van der Waals surface area contributed by atoms with Crippen LogP contribution >= 0.6 is 0 Å². The summed E-state index contributed by atoms with van der Waals surface area (Å²) in [6.07, 6.45) is 0. The van der Waals surface area contributed by atoms with Crippen LogP contribution in [0.15, 0.2) is 48.6 Å². The van der Waals surface area contributed by atoms with Gasteiger partial charge in [0.05, 0.1) is 5.69 Å². The number of hydrogen-bond donors (Lipinski definition) is 0. The molecule has 0 radical (unpaired) electrons. The highest BCUT2D eigenvalue weighted by atomic mass is 16.2. The number of anilines is 1. The van der Waals surface area contributed by atoms with Crippen LogP contribution < -0.4 is 4.90 Å². The average molecular weight is 308 g/mol. The van der Waals surface area contributed by atoms with Crippen LogP contribution in [0.4, 0.5) is 5.69 Å². The molecule has 0 atom stereocenters. The molecule has 0 N–H and O–H groups in total. The third kappa shape index (κ3) is 2.61. The molecule has 118 valence electrons. The molecule has 1 aliphatic heterocycles. The van der Waals surface area contributed by atoms with Crippen molar-refractivity contribution in [2.24, 2.45) is 0 Å². The molecule has 23 heavy (non-hydrogen) atoms. The van der Waals surface area contributed by atoms with Crippen molar-refractivity contribution in [2.45, 2.75) is 13.8 Å². The van der Waals surface area contributed by atoms with Gasteiger partial charge in [0, 0.05) is 24.0 Å². The average Bonchev–Trinajstić information content (AvgIpc) is 2.80. The van der Waals surface area contributed by atoms with Crippen molar-refractivity contribution < 1.29 is 9.59 Å². The minimum absolute atomic E-state index is 0.0614. The van der Waals surface area contributed by atoms with E-state index in [0.717, 1.165) is 22.0 Å². The van der Waals surface area contributed by atoms with Gasteiger partial charge in [-0.3, -0.25) is 14.5 Å². The number of benzene rings is 2. The van der Waals surface area contributed by atoms with Crippen LogP contribution in [0, 0.1) is 0 Å². The van der Waals surface area contributed by atoms with Crippen LogP contribution in [0.1, 0.15) is 24.2 Å². The Morgan fingerprint density at radius 3 is 2.57 bits per heavy atom. The van der Waals surface area contributed by atoms with Crippen molar-refractivity contribution in [3.8, 4) is 0 Å². The molecule has 4 nitrogen and oxygen atoms in total. The van der Waals surface area contributed by atoms with Crippen LogP contribution in [0.25, 0.3) is 10.8 Å². The first-order valence-electron chi connectivity index (χ1n) is 7.78. The lowest BCUT2D eigenvalue weighted by molar-refractivity contribution is -0.129. The summed E-state index contributed by atoms with van der Waals surface area (Å²) in [6.45, 7) is 8.88. The molecular formula is C19H20N2O2. The molecule has 0 aliphatic carbocycles. The van der Waals surface area contributed by atoms with Gasteiger partial charge >= 0.3 is 0 Å². The van der Waals surface area contributed by atoms with E-state index >= 15 is 0 Å². The summed E-state index contributed by atoms with van der Waals surface area (Å²) in [6, 6.07) is 11.5. The molecule has 1 aliphatic rings. The fourth-order valence-corrected chi connectivity index (χ4v) is 3.07. The van der Waals surface area contributed by atoms with E-state index in [0.29, 0.717) is 18.7 Å². The standard InChI is InChI=1S/C19H20N2O2/c1-4-20(11-13(2)3)17(22)12-21-16-10-6-8-14-7-5-9-15(18(14)16)19(21)23/h5-10H,2,4,11-12H2,1,3H3. The van der Waals surface area contributed by atoms with Gasteiger partial charge in [-0.2, -0.15) is 0 Å². The maximum atomic E-state index is 12.7. The second kappa shape index (κ2) is 5.88. The number of hydrogen-bond acceptors (Lipinski definition) is 2. The molecular weight excluding hydrogens is 288 g/mol. The molecule has 2 amide bonds. The van der Waals surface area contributed by atoms with E-state index in [9.17, 15) is 9.59 Å². The molecule has 2 aromatic carbocycles. The lowest BCUT2D eigenvalue weighted by Crippen LogP contribution is -2.42. The topological polar surface area (TPSA) is 40.6 Å². The predicted molar refractivity (Wildman–Crippen MR) is 92.7 cm³/mol. The first-order valence-corrected chi connectivity index (χ1v) is 7.78. The molecule has 0 fully saturated rings. The zero-order valence-corrected chi connectivity index (χ0v) is 13.5. The van der Waals surface area contributed by atoms with Gasteiger partial charge in [-0.15, -0.1) is 0 Å². The largest absolute Gasteiger partial charge is 0.337 e. The summed E-state index contributed by atoms with van der Waals surface area (Å²) in [4.78, 5) is 28.6. The maximum absolute atomic E-state index is 12.7. The van der Waals surface area contributed by atoms with Crippen molar-refractivity contribution in [1.29, 1.82) is 0 Å². The Hall–Kier alpha value is -2.62. The van der Waals surface area contributed by atoms with Gasteiger partial charge in [-0.1, -0.05) is 36.4 Å². The van der Waals surface area contributed by atoms with Gasteiger partial charge in [0.15, 0.2) is 0 Å². The Balaban J connectivity index is 1.91. The summed E-state index contributed by atoms with van der Waals surface area (Å²) in [5.41, 5.74) is 2.43. The van der Waals surface area contributed by atoms with Gasteiger partial charge < -0.3 is 4.90 Å². The first kappa shape index (κ1) is 15.3. The summed E-state index contributed by atoms with van der Waals surface area (Å²) < 4.78 is 0. The normalized spacial score (nSPS) is 12.8. The van der Waals surface area contributed by atoms with Crippen LogP contribution in [-0.4, -0.2) is 36.3 Å². The zero-order valence-electron chi connectivity index (χ0n) is 13.5. The van der Waals surface area contributed by atoms with E-state index in [2.05, 4.69) is 6.58 Å². The van der Waals surface area contributed by atoms with E-state index in [1.54, 1.807) is 9.80 Å². The maximum Gasteiger partial charge on any atom is 0.259 e. The summed E-state index contributed by atoms with van der Waals surface area (Å²) in [5.74, 6) is -0.162. The Morgan fingerprint density at radius 2 is 1.91 bits per heavy atom. The molecule has 2 aromatic rings. The van der Waals surface area contributed by atoms with E-state index in [1.807, 2.05) is 50.2 Å². The number of nitrogens with zero attached hydrogens (tertiary/aromatic N) is 2. The van der Waals surface area contributed by atoms with Crippen molar-refractivity contribution in [2.75, 3.05) is 24.5 Å². The van der Waals surface area contributed by atoms with Gasteiger partial charge in [0.1, 0.15) is 6.54 Å². The van der Waals surface area contributed by atoms with Crippen molar-refractivity contribution in [1.82, 2.24) is 4.90 Å². The molecule has 0 saturated carbocycles. The minimum atomic E-state index is -0.100. The number of carbonyl (C=O) groups excluding carboxylic acids is 2. The predicted octanol–water partition coefficient (Wildman–Crippen LogP) is 3.22. The number of amides is 2. The third-order valence-electron chi connectivity index (χ3n) is 4.14. The lowest BCUT2D eigenvalue weighted by Gasteiger charge is -2.25. The highest BCUT2D eigenvalue weighted by molar-refractivity contribution is 6.26. The van der Waals surface area contributed by atoms with Crippen molar-refractivity contribution in [3.63, 3.8) is 0 Å². The molecule has 0 unspecified atom stereocenters. The second-order valence-electron chi connectivity index (χ2n) is 5.94. The molecule has 4 heteroatoms. The van der Waals surface area contributed by atoms with E-state index in [-0.39, 0.29) is 18.4 Å². The molecule has 0 spiro atoms. The number of likely N-dealkylation sites (N-methyl/N-ethyl adjacent to an activating group) is 1. The number of carbonyl (C=O) groups is 2. The Kier molecular flexibility index (Phi) is 3.90. The van der Waals surface area contributed by atoms with Crippen LogP contribution in [0.5, 0.6) is 0 Å². The SMILES string of the molecule is C=C(C)CN(CC)C(=O)CN1C(=O)c2cccc3cccc1c23. The molecule has 3 rings (SSSR count). The molecule has 0 aromatic heterocycles. The van der Waals surface area contributed by atoms with Gasteiger partial charge in [0.2, 0.25) is 5.91 Å². The summed E-state index contributed by atoms with van der Waals surface area (Å²) in [7, 11) is 0. The molecule has 1 heterocycles. The lowest BCUT2D eigenvalue weighted by atomic mass is 10.1. The molecule has 0 bridgehead atoms.